The first kappa shape index (κ1) is 13.9. The van der Waals surface area contributed by atoms with Crippen LogP contribution in [0.3, 0.4) is 0 Å². The van der Waals surface area contributed by atoms with Crippen LogP contribution in [0.25, 0.3) is 0 Å². The van der Waals surface area contributed by atoms with E-state index < -0.39 is 12.1 Å². The van der Waals surface area contributed by atoms with Crippen molar-refractivity contribution in [1.82, 2.24) is 10.9 Å². The number of amides is 4. The Balaban J connectivity index is 3.95. The van der Waals surface area contributed by atoms with Gasteiger partial charge in [0, 0.05) is 11.4 Å². The Morgan fingerprint density at radius 3 is 1.50 bits per heavy atom. The number of hydrogen-bond donors (Lipinski definition) is 4. The molecule has 0 saturated heterocycles. The molecule has 8 heteroatoms. The number of primary amides is 2. The van der Waals surface area contributed by atoms with E-state index in [1.54, 1.807) is 13.8 Å². The summed E-state index contributed by atoms with van der Waals surface area (Å²) in [6.07, 6.45) is 1.19. The molecule has 0 bridgehead atoms. The third-order valence-electron chi connectivity index (χ3n) is 1.56. The van der Waals surface area contributed by atoms with Gasteiger partial charge in [0.05, 0.1) is 0 Å². The zero-order valence-corrected chi connectivity index (χ0v) is 9.28. The second kappa shape index (κ2) is 7.21. The summed E-state index contributed by atoms with van der Waals surface area (Å²) in [7, 11) is 0. The van der Waals surface area contributed by atoms with Crippen molar-refractivity contribution in [3.63, 3.8) is 0 Å². The van der Waals surface area contributed by atoms with Crippen LogP contribution in [0.1, 0.15) is 26.7 Å². The molecule has 0 aliphatic carbocycles. The molecule has 0 aromatic carbocycles. The SMILES string of the molecule is C/C(CC/C(C)=N\NC(N)=O)=N/NC(N)=O. The molecular formula is C8H16N6O2. The van der Waals surface area contributed by atoms with Gasteiger partial charge in [0.1, 0.15) is 0 Å². The number of nitrogens with two attached hydrogens (primary N) is 2. The average molecular weight is 228 g/mol. The third-order valence-corrected chi connectivity index (χ3v) is 1.56. The molecule has 0 heterocycles. The van der Waals surface area contributed by atoms with Gasteiger partial charge in [-0.25, -0.2) is 20.4 Å². The Morgan fingerprint density at radius 2 is 1.25 bits per heavy atom. The van der Waals surface area contributed by atoms with Gasteiger partial charge in [-0.3, -0.25) is 0 Å². The normalized spacial score (nSPS) is 12.1. The van der Waals surface area contributed by atoms with E-state index in [4.69, 9.17) is 11.5 Å². The first-order valence-electron chi connectivity index (χ1n) is 4.59. The molecule has 90 valence electrons. The lowest BCUT2D eigenvalue weighted by Crippen LogP contribution is -2.26. The first-order chi connectivity index (χ1) is 7.41. The molecule has 0 radical (unpaired) electrons. The fraction of sp³-hybridized carbons (Fsp3) is 0.500. The predicted molar refractivity (Wildman–Crippen MR) is 60.9 cm³/mol. The summed E-state index contributed by atoms with van der Waals surface area (Å²) in [5.41, 5.74) is 15.3. The van der Waals surface area contributed by atoms with Gasteiger partial charge in [0.2, 0.25) is 0 Å². The molecule has 0 aromatic rings. The lowest BCUT2D eigenvalue weighted by Gasteiger charge is -2.01. The van der Waals surface area contributed by atoms with Crippen molar-refractivity contribution in [1.29, 1.82) is 0 Å². The largest absolute Gasteiger partial charge is 0.350 e. The van der Waals surface area contributed by atoms with E-state index in [0.717, 1.165) is 0 Å². The maximum absolute atomic E-state index is 10.3. The molecule has 0 atom stereocenters. The van der Waals surface area contributed by atoms with E-state index in [-0.39, 0.29) is 0 Å². The minimum Gasteiger partial charge on any atom is -0.350 e. The molecule has 0 unspecified atom stereocenters. The number of hydrazone groups is 2. The van der Waals surface area contributed by atoms with E-state index in [2.05, 4.69) is 21.1 Å². The highest BCUT2D eigenvalue weighted by atomic mass is 16.2. The van der Waals surface area contributed by atoms with Crippen LogP contribution < -0.4 is 22.3 Å². The predicted octanol–water partition coefficient (Wildman–Crippen LogP) is -0.145. The second-order valence-electron chi connectivity index (χ2n) is 3.15. The number of hydrogen-bond acceptors (Lipinski definition) is 4. The van der Waals surface area contributed by atoms with Crippen LogP contribution in [0.2, 0.25) is 0 Å². The molecule has 8 nitrogen and oxygen atoms in total. The zero-order valence-electron chi connectivity index (χ0n) is 9.28. The summed E-state index contributed by atoms with van der Waals surface area (Å²) >= 11 is 0. The van der Waals surface area contributed by atoms with Crippen molar-refractivity contribution in [3.05, 3.63) is 0 Å². The quantitative estimate of drug-likeness (QED) is 0.384. The van der Waals surface area contributed by atoms with Crippen LogP contribution in [0, 0.1) is 0 Å². The van der Waals surface area contributed by atoms with Crippen molar-refractivity contribution in [2.45, 2.75) is 26.7 Å². The maximum atomic E-state index is 10.3. The van der Waals surface area contributed by atoms with E-state index >= 15 is 0 Å². The highest BCUT2D eigenvalue weighted by molar-refractivity contribution is 5.90. The lowest BCUT2D eigenvalue weighted by molar-refractivity contribution is 0.248. The fourth-order valence-corrected chi connectivity index (χ4v) is 0.775. The summed E-state index contributed by atoms with van der Waals surface area (Å²) in [4.78, 5) is 20.7. The molecule has 0 aliphatic heterocycles. The molecule has 0 aliphatic rings. The van der Waals surface area contributed by atoms with Gasteiger partial charge in [0.15, 0.2) is 0 Å². The topological polar surface area (TPSA) is 135 Å². The van der Waals surface area contributed by atoms with Gasteiger partial charge < -0.3 is 11.5 Å². The van der Waals surface area contributed by atoms with E-state index in [1.165, 1.54) is 0 Å². The van der Waals surface area contributed by atoms with Crippen LogP contribution >= 0.6 is 0 Å². The van der Waals surface area contributed by atoms with Gasteiger partial charge in [0.25, 0.3) is 0 Å². The number of rotatable bonds is 5. The molecule has 0 fully saturated rings. The molecule has 0 rings (SSSR count). The van der Waals surface area contributed by atoms with Crippen LogP contribution in [0.4, 0.5) is 9.59 Å². The molecule has 0 saturated carbocycles. The van der Waals surface area contributed by atoms with Gasteiger partial charge in [-0.1, -0.05) is 0 Å². The van der Waals surface area contributed by atoms with Crippen molar-refractivity contribution in [3.8, 4) is 0 Å². The molecule has 16 heavy (non-hydrogen) atoms. The van der Waals surface area contributed by atoms with Crippen LogP contribution in [-0.4, -0.2) is 23.5 Å². The Hall–Kier alpha value is -2.12. The average Bonchev–Trinajstić information content (AvgIpc) is 2.20. The summed E-state index contributed by atoms with van der Waals surface area (Å²) in [5.74, 6) is 0. The number of carbonyl (C=O) groups excluding carboxylic acids is 2. The minimum absolute atomic E-state index is 0.593. The molecule has 0 spiro atoms. The summed E-state index contributed by atoms with van der Waals surface area (Å²) in [6, 6.07) is -1.42. The molecule has 0 aromatic heterocycles. The van der Waals surface area contributed by atoms with E-state index in [0.29, 0.717) is 24.3 Å². The van der Waals surface area contributed by atoms with Crippen LogP contribution in [-0.2, 0) is 0 Å². The Labute approximate surface area is 93.1 Å². The third kappa shape index (κ3) is 8.48. The highest BCUT2D eigenvalue weighted by Crippen LogP contribution is 1.94. The van der Waals surface area contributed by atoms with Gasteiger partial charge in [-0.2, -0.15) is 10.2 Å². The van der Waals surface area contributed by atoms with E-state index in [9.17, 15) is 9.59 Å². The summed E-state index contributed by atoms with van der Waals surface area (Å²) in [6.45, 7) is 3.48. The Morgan fingerprint density at radius 1 is 0.938 bits per heavy atom. The van der Waals surface area contributed by atoms with Crippen molar-refractivity contribution >= 4 is 23.5 Å². The van der Waals surface area contributed by atoms with Crippen molar-refractivity contribution in [2.24, 2.45) is 21.7 Å². The van der Waals surface area contributed by atoms with Crippen molar-refractivity contribution < 1.29 is 9.59 Å². The van der Waals surface area contributed by atoms with E-state index in [1.807, 2.05) is 0 Å². The van der Waals surface area contributed by atoms with Crippen LogP contribution in [0.5, 0.6) is 0 Å². The standard InChI is InChI=1S/C8H16N6O2/c1-5(11-13-7(9)15)3-4-6(2)12-14-8(10)16/h3-4H2,1-2H3,(H3,9,13,15)(H3,10,14,16)/b11-5-,12-6-. The highest BCUT2D eigenvalue weighted by Gasteiger charge is 1.97. The number of urea groups is 2. The lowest BCUT2D eigenvalue weighted by atomic mass is 10.2. The Kier molecular flexibility index (Phi) is 6.25. The number of nitrogens with one attached hydrogen (secondary N) is 2. The van der Waals surface area contributed by atoms with Gasteiger partial charge in [-0.15, -0.1) is 0 Å². The second-order valence-corrected chi connectivity index (χ2v) is 3.15. The Bertz CT molecular complexity index is 290. The summed E-state index contributed by atoms with van der Waals surface area (Å²) < 4.78 is 0. The monoisotopic (exact) mass is 228 g/mol. The van der Waals surface area contributed by atoms with Gasteiger partial charge >= 0.3 is 12.1 Å². The number of carbonyl (C=O) groups is 2. The molecule has 4 amide bonds. The maximum Gasteiger partial charge on any atom is 0.332 e. The van der Waals surface area contributed by atoms with Gasteiger partial charge in [-0.05, 0) is 26.7 Å². The van der Waals surface area contributed by atoms with Crippen molar-refractivity contribution in [2.75, 3.05) is 0 Å². The summed E-state index contributed by atoms with van der Waals surface area (Å²) in [5, 5.41) is 7.43. The first-order valence-corrected chi connectivity index (χ1v) is 4.59. The number of nitrogens with zero attached hydrogens (tertiary/aromatic N) is 2. The minimum atomic E-state index is -0.708. The zero-order chi connectivity index (χ0) is 12.6. The molecule has 6 N–H and O–H groups in total. The molecular weight excluding hydrogens is 212 g/mol. The smallest absolute Gasteiger partial charge is 0.332 e. The van der Waals surface area contributed by atoms with Crippen LogP contribution in [0.15, 0.2) is 10.2 Å². The fourth-order valence-electron chi connectivity index (χ4n) is 0.775.